The van der Waals surface area contributed by atoms with Crippen LogP contribution in [0, 0.1) is 0 Å². The second-order valence-electron chi connectivity index (χ2n) is 5.17. The molecule has 0 aliphatic heterocycles. The quantitative estimate of drug-likeness (QED) is 0.580. The molecular formula is C15H20ClN5. The van der Waals surface area contributed by atoms with E-state index in [1.165, 1.54) is 6.33 Å². The zero-order valence-corrected chi connectivity index (χ0v) is 13.1. The minimum atomic E-state index is 0.0247. The second kappa shape index (κ2) is 6.74. The molecule has 1 atom stereocenters. The topological polar surface area (TPSA) is 75.9 Å². The Balaban J connectivity index is 2.33. The molecule has 0 aliphatic carbocycles. The highest BCUT2D eigenvalue weighted by Gasteiger charge is 2.17. The monoisotopic (exact) mass is 305 g/mol. The van der Waals surface area contributed by atoms with E-state index in [1.54, 1.807) is 0 Å². The van der Waals surface area contributed by atoms with Crippen molar-refractivity contribution in [3.8, 4) is 0 Å². The van der Waals surface area contributed by atoms with Crippen molar-refractivity contribution in [2.75, 3.05) is 10.7 Å². The van der Waals surface area contributed by atoms with Crippen LogP contribution in [0.25, 0.3) is 0 Å². The van der Waals surface area contributed by atoms with Crippen LogP contribution >= 0.6 is 11.6 Å². The van der Waals surface area contributed by atoms with Crippen molar-refractivity contribution in [1.29, 1.82) is 0 Å². The van der Waals surface area contributed by atoms with Crippen LogP contribution in [0.3, 0.4) is 0 Å². The lowest BCUT2D eigenvalue weighted by Gasteiger charge is -2.21. The van der Waals surface area contributed by atoms with Crippen molar-refractivity contribution in [1.82, 2.24) is 9.97 Å². The number of anilines is 2. The maximum absolute atomic E-state index is 6.24. The zero-order chi connectivity index (χ0) is 15.4. The Bertz CT molecular complexity index is 615. The fourth-order valence-corrected chi connectivity index (χ4v) is 2.58. The van der Waals surface area contributed by atoms with E-state index in [0.29, 0.717) is 5.82 Å². The number of nitrogens with two attached hydrogens (primary N) is 1. The van der Waals surface area contributed by atoms with Gasteiger partial charge in [0.05, 0.1) is 6.04 Å². The van der Waals surface area contributed by atoms with Crippen LogP contribution in [0.4, 0.5) is 11.6 Å². The first-order chi connectivity index (χ1) is 10.0. The first-order valence-electron chi connectivity index (χ1n) is 6.87. The number of hydrogen-bond donors (Lipinski definition) is 3. The van der Waals surface area contributed by atoms with Gasteiger partial charge < -0.3 is 10.7 Å². The van der Waals surface area contributed by atoms with Crippen LogP contribution in [-0.2, 0) is 0 Å². The highest BCUT2D eigenvalue weighted by Crippen LogP contribution is 2.31. The number of nitrogens with zero attached hydrogens (tertiary/aromatic N) is 2. The summed E-state index contributed by atoms with van der Waals surface area (Å²) >= 11 is 6.24. The van der Waals surface area contributed by atoms with Gasteiger partial charge in [-0.3, -0.25) is 0 Å². The van der Waals surface area contributed by atoms with E-state index in [1.807, 2.05) is 31.2 Å². The molecule has 5 nitrogen and oxygen atoms in total. The van der Waals surface area contributed by atoms with Crippen LogP contribution in [0.2, 0.25) is 5.02 Å². The molecule has 0 saturated heterocycles. The summed E-state index contributed by atoms with van der Waals surface area (Å²) in [6.07, 6.45) is 1.49. The molecule has 0 bridgehead atoms. The fourth-order valence-electron chi connectivity index (χ4n) is 2.28. The number of nitrogens with one attached hydrogen (secondary N) is 2. The van der Waals surface area contributed by atoms with Crippen LogP contribution in [0.1, 0.15) is 43.9 Å². The second-order valence-corrected chi connectivity index (χ2v) is 5.58. The van der Waals surface area contributed by atoms with Crippen molar-refractivity contribution in [2.45, 2.75) is 32.7 Å². The summed E-state index contributed by atoms with van der Waals surface area (Å²) in [4.78, 5) is 8.51. The van der Waals surface area contributed by atoms with E-state index in [2.05, 4.69) is 34.6 Å². The summed E-state index contributed by atoms with van der Waals surface area (Å²) in [7, 11) is 0. The number of halogens is 1. The molecule has 112 valence electrons. The van der Waals surface area contributed by atoms with Crippen LogP contribution in [0.15, 0.2) is 30.6 Å². The molecule has 1 unspecified atom stereocenters. The normalized spacial score (nSPS) is 12.3. The van der Waals surface area contributed by atoms with E-state index >= 15 is 0 Å². The maximum Gasteiger partial charge on any atom is 0.148 e. The van der Waals surface area contributed by atoms with E-state index in [0.717, 1.165) is 22.0 Å². The van der Waals surface area contributed by atoms with E-state index in [4.69, 9.17) is 17.4 Å². The van der Waals surface area contributed by atoms with Crippen molar-refractivity contribution < 1.29 is 0 Å². The third-order valence-electron chi connectivity index (χ3n) is 3.32. The Kier molecular flexibility index (Phi) is 4.98. The third kappa shape index (κ3) is 3.43. The molecule has 0 fully saturated rings. The summed E-state index contributed by atoms with van der Waals surface area (Å²) in [5.41, 5.74) is 4.60. The molecule has 6 heteroatoms. The van der Waals surface area contributed by atoms with Gasteiger partial charge in [0.15, 0.2) is 0 Å². The number of aromatic nitrogens is 2. The van der Waals surface area contributed by atoms with Gasteiger partial charge >= 0.3 is 0 Å². The molecule has 0 amide bonds. The van der Waals surface area contributed by atoms with E-state index < -0.39 is 0 Å². The Labute approximate surface area is 129 Å². The lowest BCUT2D eigenvalue weighted by Crippen LogP contribution is -2.16. The van der Waals surface area contributed by atoms with Gasteiger partial charge in [-0.05, 0) is 24.5 Å². The molecule has 1 aromatic heterocycles. The smallest absolute Gasteiger partial charge is 0.148 e. The standard InChI is InChI=1S/C15H20ClN5/c1-9(2)13-14(18-8-19-15(13)21-17)20-10(3)11-6-4-5-7-12(11)16/h4-10H,17H2,1-3H3,(H2,18,19,20,21). The SMILES string of the molecule is CC(C)c1c(NN)ncnc1NC(C)c1ccccc1Cl. The molecule has 2 aromatic rings. The maximum atomic E-state index is 6.24. The summed E-state index contributed by atoms with van der Waals surface area (Å²) in [5.74, 6) is 7.17. The predicted octanol–water partition coefficient (Wildman–Crippen LogP) is 3.71. The number of hydrazine groups is 1. The lowest BCUT2D eigenvalue weighted by molar-refractivity contribution is 0.819. The highest BCUT2D eigenvalue weighted by molar-refractivity contribution is 6.31. The summed E-state index contributed by atoms with van der Waals surface area (Å²) in [6, 6.07) is 7.79. The highest BCUT2D eigenvalue weighted by atomic mass is 35.5. The number of rotatable bonds is 5. The summed E-state index contributed by atoms with van der Waals surface area (Å²) in [6.45, 7) is 6.19. The third-order valence-corrected chi connectivity index (χ3v) is 3.67. The Morgan fingerprint density at radius 1 is 1.10 bits per heavy atom. The molecule has 0 spiro atoms. The molecule has 4 N–H and O–H groups in total. The van der Waals surface area contributed by atoms with E-state index in [9.17, 15) is 0 Å². The molecule has 2 rings (SSSR count). The average Bonchev–Trinajstić information content (AvgIpc) is 2.46. The van der Waals surface area contributed by atoms with Gasteiger partial charge in [-0.1, -0.05) is 43.6 Å². The minimum Gasteiger partial charge on any atom is -0.363 e. The fraction of sp³-hybridized carbons (Fsp3) is 0.333. The summed E-state index contributed by atoms with van der Waals surface area (Å²) in [5, 5.41) is 4.12. The lowest BCUT2D eigenvalue weighted by atomic mass is 10.0. The number of benzene rings is 1. The van der Waals surface area contributed by atoms with Gasteiger partial charge in [0.25, 0.3) is 0 Å². The van der Waals surface area contributed by atoms with E-state index in [-0.39, 0.29) is 12.0 Å². The Morgan fingerprint density at radius 3 is 2.38 bits per heavy atom. The first-order valence-corrected chi connectivity index (χ1v) is 7.24. The Hall–Kier alpha value is -1.85. The van der Waals surface area contributed by atoms with Gasteiger partial charge in [-0.2, -0.15) is 0 Å². The van der Waals surface area contributed by atoms with Gasteiger partial charge in [0, 0.05) is 10.6 Å². The minimum absolute atomic E-state index is 0.0247. The van der Waals surface area contributed by atoms with Crippen molar-refractivity contribution >= 4 is 23.2 Å². The average molecular weight is 306 g/mol. The molecular weight excluding hydrogens is 286 g/mol. The molecule has 1 aromatic carbocycles. The van der Waals surface area contributed by atoms with Crippen molar-refractivity contribution in [3.05, 3.63) is 46.7 Å². The molecule has 0 radical (unpaired) electrons. The number of nitrogen functional groups attached to an aromatic ring is 1. The van der Waals surface area contributed by atoms with Gasteiger partial charge in [-0.15, -0.1) is 0 Å². The van der Waals surface area contributed by atoms with Gasteiger partial charge in [0.1, 0.15) is 18.0 Å². The molecule has 1 heterocycles. The predicted molar refractivity (Wildman–Crippen MR) is 87.4 cm³/mol. The van der Waals surface area contributed by atoms with Gasteiger partial charge in [-0.25, -0.2) is 15.8 Å². The van der Waals surface area contributed by atoms with Crippen LogP contribution in [0.5, 0.6) is 0 Å². The van der Waals surface area contributed by atoms with Crippen molar-refractivity contribution in [3.63, 3.8) is 0 Å². The number of hydrogen-bond acceptors (Lipinski definition) is 5. The molecule has 0 aliphatic rings. The summed E-state index contributed by atoms with van der Waals surface area (Å²) < 4.78 is 0. The Morgan fingerprint density at radius 2 is 1.76 bits per heavy atom. The first kappa shape index (κ1) is 15.5. The largest absolute Gasteiger partial charge is 0.363 e. The van der Waals surface area contributed by atoms with Crippen LogP contribution < -0.4 is 16.6 Å². The van der Waals surface area contributed by atoms with Crippen LogP contribution in [-0.4, -0.2) is 9.97 Å². The zero-order valence-electron chi connectivity index (χ0n) is 12.4. The van der Waals surface area contributed by atoms with Crippen molar-refractivity contribution in [2.24, 2.45) is 5.84 Å². The molecule has 21 heavy (non-hydrogen) atoms. The molecule has 0 saturated carbocycles. The van der Waals surface area contributed by atoms with Gasteiger partial charge in [0.2, 0.25) is 0 Å².